The lowest BCUT2D eigenvalue weighted by atomic mass is 10.1. The van der Waals surface area contributed by atoms with Crippen molar-refractivity contribution in [2.24, 2.45) is 0 Å². The second-order valence-electron chi connectivity index (χ2n) is 8.46. The van der Waals surface area contributed by atoms with Crippen LogP contribution in [0.5, 0.6) is 0 Å². The standard InChI is InChI=1S/C24H26N2O6S/c1-14-11-18(15(2)25(14)17-7-5-16(6-8-17)22(29)31-4)20(27)12-32-23(30)19-13-33-24(3)10-9-21(28)26(19)24/h5-8,11,19H,9-10,12-13H2,1-4H3/t19-,24+/m1/s1. The second kappa shape index (κ2) is 8.70. The number of ether oxygens (including phenoxy) is 2. The molecule has 0 N–H and O–H groups in total. The normalized spacial score (nSPS) is 21.8. The van der Waals surface area contributed by atoms with Gasteiger partial charge < -0.3 is 18.9 Å². The van der Waals surface area contributed by atoms with E-state index in [0.29, 0.717) is 35.4 Å². The highest BCUT2D eigenvalue weighted by atomic mass is 32.2. The van der Waals surface area contributed by atoms with Gasteiger partial charge in [0.15, 0.2) is 6.61 Å². The predicted octanol–water partition coefficient (Wildman–Crippen LogP) is 3.06. The number of hydrogen-bond acceptors (Lipinski definition) is 7. The molecule has 2 atom stereocenters. The van der Waals surface area contributed by atoms with Crippen LogP contribution in [0.4, 0.5) is 0 Å². The average Bonchev–Trinajstić information content (AvgIpc) is 3.41. The van der Waals surface area contributed by atoms with Gasteiger partial charge in [0, 0.05) is 34.8 Å². The van der Waals surface area contributed by atoms with Crippen LogP contribution >= 0.6 is 11.8 Å². The van der Waals surface area contributed by atoms with Crippen LogP contribution in [0.1, 0.15) is 51.9 Å². The molecule has 2 fully saturated rings. The predicted molar refractivity (Wildman–Crippen MR) is 123 cm³/mol. The van der Waals surface area contributed by atoms with Gasteiger partial charge >= 0.3 is 11.9 Å². The van der Waals surface area contributed by atoms with Crippen molar-refractivity contribution in [3.05, 3.63) is 52.8 Å². The van der Waals surface area contributed by atoms with E-state index < -0.39 is 18.0 Å². The van der Waals surface area contributed by atoms with Crippen molar-refractivity contribution in [2.75, 3.05) is 19.5 Å². The summed E-state index contributed by atoms with van der Waals surface area (Å²) in [6.07, 6.45) is 1.14. The van der Waals surface area contributed by atoms with Crippen LogP contribution in [-0.4, -0.2) is 63.5 Å². The third kappa shape index (κ3) is 4.06. The summed E-state index contributed by atoms with van der Waals surface area (Å²) in [7, 11) is 1.33. The van der Waals surface area contributed by atoms with E-state index in [4.69, 9.17) is 9.47 Å². The van der Waals surface area contributed by atoms with E-state index in [1.165, 1.54) is 7.11 Å². The van der Waals surface area contributed by atoms with E-state index in [1.807, 2.05) is 25.3 Å². The number of fused-ring (bicyclic) bond motifs is 1. The lowest BCUT2D eigenvalue weighted by molar-refractivity contribution is -0.152. The first kappa shape index (κ1) is 23.1. The molecule has 0 spiro atoms. The van der Waals surface area contributed by atoms with Gasteiger partial charge in [0.1, 0.15) is 6.04 Å². The molecule has 2 aliphatic heterocycles. The highest BCUT2D eigenvalue weighted by molar-refractivity contribution is 8.01. The van der Waals surface area contributed by atoms with Gasteiger partial charge in [0.05, 0.1) is 17.5 Å². The van der Waals surface area contributed by atoms with Gasteiger partial charge in [-0.3, -0.25) is 9.59 Å². The Kier molecular flexibility index (Phi) is 6.09. The summed E-state index contributed by atoms with van der Waals surface area (Å²) in [5, 5.41) is 0. The van der Waals surface area contributed by atoms with Crippen LogP contribution in [-0.2, 0) is 19.1 Å². The number of methoxy groups -OCH3 is 1. The number of amides is 1. The summed E-state index contributed by atoms with van der Waals surface area (Å²) >= 11 is 1.58. The molecule has 0 saturated carbocycles. The topological polar surface area (TPSA) is 94.9 Å². The molecule has 4 rings (SSSR count). The molecule has 0 aliphatic carbocycles. The maximum atomic E-state index is 12.9. The number of aryl methyl sites for hydroxylation is 1. The Balaban J connectivity index is 1.46. The molecule has 3 heterocycles. The monoisotopic (exact) mass is 470 g/mol. The summed E-state index contributed by atoms with van der Waals surface area (Å²) in [6.45, 7) is 5.27. The van der Waals surface area contributed by atoms with Crippen LogP contribution in [0.2, 0.25) is 0 Å². The Morgan fingerprint density at radius 3 is 2.55 bits per heavy atom. The minimum absolute atomic E-state index is 0.0439. The van der Waals surface area contributed by atoms with E-state index in [-0.39, 0.29) is 23.2 Å². The summed E-state index contributed by atoms with van der Waals surface area (Å²) in [5.74, 6) is -0.836. The smallest absolute Gasteiger partial charge is 0.337 e. The number of rotatable bonds is 6. The number of benzene rings is 1. The molecule has 0 radical (unpaired) electrons. The van der Waals surface area contributed by atoms with Gasteiger partial charge in [-0.25, -0.2) is 9.59 Å². The third-order valence-corrected chi connectivity index (χ3v) is 7.85. The molecule has 1 amide bonds. The number of ketones is 1. The first-order valence-corrected chi connectivity index (χ1v) is 11.7. The van der Waals surface area contributed by atoms with Gasteiger partial charge in [-0.1, -0.05) is 0 Å². The van der Waals surface area contributed by atoms with Gasteiger partial charge in [-0.05, 0) is 57.5 Å². The minimum atomic E-state index is -0.649. The van der Waals surface area contributed by atoms with Crippen molar-refractivity contribution < 1.29 is 28.7 Å². The summed E-state index contributed by atoms with van der Waals surface area (Å²) in [6, 6.07) is 7.99. The quantitative estimate of drug-likeness (QED) is 0.473. The second-order valence-corrected chi connectivity index (χ2v) is 9.96. The number of hydrogen-bond donors (Lipinski definition) is 0. The first-order chi connectivity index (χ1) is 15.7. The summed E-state index contributed by atoms with van der Waals surface area (Å²) in [5.41, 5.74) is 3.23. The molecule has 0 bridgehead atoms. The van der Waals surface area contributed by atoms with E-state index in [1.54, 1.807) is 47.0 Å². The van der Waals surface area contributed by atoms with E-state index >= 15 is 0 Å². The Morgan fingerprint density at radius 2 is 1.88 bits per heavy atom. The highest BCUT2D eigenvalue weighted by Gasteiger charge is 2.53. The van der Waals surface area contributed by atoms with E-state index in [2.05, 4.69) is 0 Å². The summed E-state index contributed by atoms with van der Waals surface area (Å²) in [4.78, 5) is 50.7. The Labute approximate surface area is 196 Å². The van der Waals surface area contributed by atoms with Crippen molar-refractivity contribution in [2.45, 2.75) is 44.5 Å². The van der Waals surface area contributed by atoms with Crippen molar-refractivity contribution in [1.29, 1.82) is 0 Å². The number of carbonyl (C=O) groups excluding carboxylic acids is 4. The Bertz CT molecular complexity index is 1140. The number of Topliss-reactive ketones (excluding diaryl/α,β-unsaturated/α-hetero) is 1. The number of carbonyl (C=O) groups is 4. The average molecular weight is 471 g/mol. The maximum Gasteiger partial charge on any atom is 0.337 e. The molecule has 2 aromatic rings. The van der Waals surface area contributed by atoms with Crippen molar-refractivity contribution >= 4 is 35.4 Å². The molecular weight excluding hydrogens is 444 g/mol. The van der Waals surface area contributed by atoms with Crippen LogP contribution < -0.4 is 0 Å². The van der Waals surface area contributed by atoms with Crippen LogP contribution in [0.25, 0.3) is 5.69 Å². The number of thioether (sulfide) groups is 1. The van der Waals surface area contributed by atoms with Gasteiger partial charge in [-0.2, -0.15) is 0 Å². The zero-order valence-corrected chi connectivity index (χ0v) is 19.9. The summed E-state index contributed by atoms with van der Waals surface area (Å²) < 4.78 is 12.0. The maximum absolute atomic E-state index is 12.9. The molecule has 1 aromatic carbocycles. The van der Waals surface area contributed by atoms with E-state index in [0.717, 1.165) is 11.4 Å². The molecule has 33 heavy (non-hydrogen) atoms. The van der Waals surface area contributed by atoms with E-state index in [9.17, 15) is 19.2 Å². The fraction of sp³-hybridized carbons (Fsp3) is 0.417. The van der Waals surface area contributed by atoms with Crippen LogP contribution in [0.15, 0.2) is 30.3 Å². The zero-order valence-electron chi connectivity index (χ0n) is 19.0. The largest absolute Gasteiger partial charge is 0.465 e. The van der Waals surface area contributed by atoms with Crippen molar-refractivity contribution in [3.8, 4) is 5.69 Å². The lowest BCUT2D eigenvalue weighted by Gasteiger charge is -2.29. The zero-order chi connectivity index (χ0) is 23.9. The van der Waals surface area contributed by atoms with Crippen molar-refractivity contribution in [3.63, 3.8) is 0 Å². The molecule has 8 nitrogen and oxygen atoms in total. The Hall–Kier alpha value is -3.07. The molecule has 9 heteroatoms. The van der Waals surface area contributed by atoms with Crippen LogP contribution in [0, 0.1) is 13.8 Å². The van der Waals surface area contributed by atoms with Gasteiger partial charge in [0.2, 0.25) is 11.7 Å². The Morgan fingerprint density at radius 1 is 1.18 bits per heavy atom. The SMILES string of the molecule is COC(=O)c1ccc(-n2c(C)cc(C(=O)COC(=O)[C@H]3CS[C@@]4(C)CCC(=O)N34)c2C)cc1. The van der Waals surface area contributed by atoms with Gasteiger partial charge in [-0.15, -0.1) is 11.8 Å². The number of nitrogens with zero attached hydrogens (tertiary/aromatic N) is 2. The third-order valence-electron chi connectivity index (χ3n) is 6.34. The fourth-order valence-electron chi connectivity index (χ4n) is 4.61. The molecule has 2 saturated heterocycles. The minimum Gasteiger partial charge on any atom is -0.465 e. The van der Waals surface area contributed by atoms with Gasteiger partial charge in [0.25, 0.3) is 0 Å². The van der Waals surface area contributed by atoms with Crippen LogP contribution in [0.3, 0.4) is 0 Å². The number of aromatic nitrogens is 1. The van der Waals surface area contributed by atoms with Crippen molar-refractivity contribution in [1.82, 2.24) is 9.47 Å². The fourth-order valence-corrected chi connectivity index (χ4v) is 6.03. The highest BCUT2D eigenvalue weighted by Crippen LogP contribution is 2.47. The molecule has 174 valence electrons. The lowest BCUT2D eigenvalue weighted by Crippen LogP contribution is -2.46. The molecule has 1 aromatic heterocycles. The number of esters is 2. The molecule has 0 unspecified atom stereocenters. The molecular formula is C24H26N2O6S. The first-order valence-electron chi connectivity index (χ1n) is 10.7. The molecule has 2 aliphatic rings.